The van der Waals surface area contributed by atoms with Crippen molar-refractivity contribution >= 4 is 34.9 Å². The van der Waals surface area contributed by atoms with Gasteiger partial charge in [0.2, 0.25) is 5.91 Å². The number of nitrogens with one attached hydrogen (secondary N) is 1. The summed E-state index contributed by atoms with van der Waals surface area (Å²) in [5, 5.41) is 8.29. The highest BCUT2D eigenvalue weighted by Gasteiger charge is 2.12. The van der Waals surface area contributed by atoms with E-state index in [4.69, 9.17) is 10.5 Å². The molecule has 0 fully saturated rings. The number of carbonyl (C=O) groups excluding carboxylic acids is 1. The van der Waals surface area contributed by atoms with Crippen LogP contribution in [0.3, 0.4) is 0 Å². The maximum atomic E-state index is 12.0. The third-order valence-corrected chi connectivity index (χ3v) is 3.38. The molecule has 2 aromatic rings. The Bertz CT molecular complexity index is 623. The molecule has 7 heteroatoms. The number of benzene rings is 1. The van der Waals surface area contributed by atoms with E-state index in [0.717, 1.165) is 16.6 Å². The Hall–Kier alpha value is -1.63. The van der Waals surface area contributed by atoms with Crippen molar-refractivity contribution in [2.24, 2.45) is 5.73 Å². The van der Waals surface area contributed by atoms with Gasteiger partial charge in [0.05, 0.1) is 24.2 Å². The number of methoxy groups -OCH3 is 1. The van der Waals surface area contributed by atoms with Gasteiger partial charge >= 0.3 is 0 Å². The summed E-state index contributed by atoms with van der Waals surface area (Å²) in [5.41, 5.74) is 7.28. The third-order valence-electron chi connectivity index (χ3n) is 3.38. The largest absolute Gasteiger partial charge is 0.380 e. The number of anilines is 1. The molecule has 0 aliphatic carbocycles. The number of halogens is 1. The van der Waals surface area contributed by atoms with E-state index in [1.54, 1.807) is 7.11 Å². The number of amides is 1. The average molecular weight is 327 g/mol. The number of fused-ring (bicyclic) bond motifs is 1. The molecule has 0 bridgehead atoms. The Morgan fingerprint density at radius 3 is 2.77 bits per heavy atom. The summed E-state index contributed by atoms with van der Waals surface area (Å²) < 4.78 is 7.05. The quantitative estimate of drug-likeness (QED) is 0.853. The fraction of sp³-hybridized carbons (Fsp3) is 0.467. The predicted octanol–water partition coefficient (Wildman–Crippen LogP) is 2.34. The zero-order valence-electron chi connectivity index (χ0n) is 13.1. The lowest BCUT2D eigenvalue weighted by Gasteiger charge is -2.13. The summed E-state index contributed by atoms with van der Waals surface area (Å²) in [6.07, 6.45) is 1.82. The fourth-order valence-corrected chi connectivity index (χ4v) is 2.21. The number of ether oxygens (including phenoxy) is 1. The summed E-state index contributed by atoms with van der Waals surface area (Å²) in [5.74, 6) is -0.109. The van der Waals surface area contributed by atoms with E-state index in [1.165, 1.54) is 0 Å². The molecule has 1 aromatic heterocycles. The first-order valence-corrected chi connectivity index (χ1v) is 7.05. The lowest BCUT2D eigenvalue weighted by molar-refractivity contribution is -0.118. The lowest BCUT2D eigenvalue weighted by atomic mass is 10.2. The van der Waals surface area contributed by atoms with Crippen LogP contribution in [0.5, 0.6) is 0 Å². The Balaban J connectivity index is 0.00000242. The van der Waals surface area contributed by atoms with Crippen LogP contribution in [0, 0.1) is 0 Å². The standard InChI is InChI=1S/C15H22N4O2.ClH/c1-10(2)19-14-6-12(5-4-11(14)9-17-19)18-15(20)7-13(8-16)21-3;/h4-6,9-10,13H,7-8,16H2,1-3H3,(H,18,20);1H. The first kappa shape index (κ1) is 18.4. The van der Waals surface area contributed by atoms with E-state index < -0.39 is 0 Å². The molecule has 0 spiro atoms. The average Bonchev–Trinajstić information content (AvgIpc) is 2.88. The molecule has 122 valence electrons. The van der Waals surface area contributed by atoms with Crippen LogP contribution >= 0.6 is 12.4 Å². The zero-order valence-corrected chi connectivity index (χ0v) is 13.9. The molecule has 22 heavy (non-hydrogen) atoms. The Labute approximate surface area is 136 Å². The fourth-order valence-electron chi connectivity index (χ4n) is 2.21. The summed E-state index contributed by atoms with van der Waals surface area (Å²) >= 11 is 0. The van der Waals surface area contributed by atoms with E-state index in [9.17, 15) is 4.79 Å². The molecule has 2 rings (SSSR count). The van der Waals surface area contributed by atoms with Crippen LogP contribution in [0.4, 0.5) is 5.69 Å². The van der Waals surface area contributed by atoms with E-state index in [-0.39, 0.29) is 36.9 Å². The van der Waals surface area contributed by atoms with Crippen molar-refractivity contribution in [3.63, 3.8) is 0 Å². The molecular formula is C15H23ClN4O2. The molecule has 1 unspecified atom stereocenters. The van der Waals surface area contributed by atoms with E-state index in [2.05, 4.69) is 24.3 Å². The number of hydrogen-bond acceptors (Lipinski definition) is 4. The number of nitrogens with two attached hydrogens (primary N) is 1. The first-order valence-electron chi connectivity index (χ1n) is 7.05. The molecule has 0 saturated heterocycles. The Kier molecular flexibility index (Phi) is 6.80. The van der Waals surface area contributed by atoms with Gasteiger partial charge in [-0.3, -0.25) is 9.48 Å². The van der Waals surface area contributed by atoms with E-state index >= 15 is 0 Å². The van der Waals surface area contributed by atoms with Gasteiger partial charge in [-0.2, -0.15) is 5.10 Å². The van der Waals surface area contributed by atoms with Crippen molar-refractivity contribution in [1.82, 2.24) is 9.78 Å². The number of rotatable bonds is 6. The second-order valence-electron chi connectivity index (χ2n) is 5.30. The third kappa shape index (κ3) is 4.19. The molecule has 1 amide bonds. The van der Waals surface area contributed by atoms with Gasteiger partial charge in [0.25, 0.3) is 0 Å². The van der Waals surface area contributed by atoms with Gasteiger partial charge in [0.15, 0.2) is 0 Å². The lowest BCUT2D eigenvalue weighted by Crippen LogP contribution is -2.28. The monoisotopic (exact) mass is 326 g/mol. The van der Waals surface area contributed by atoms with Crippen LogP contribution < -0.4 is 11.1 Å². The SMILES string of the molecule is COC(CN)CC(=O)Nc1ccc2cnn(C(C)C)c2c1.Cl. The van der Waals surface area contributed by atoms with Gasteiger partial charge in [-0.1, -0.05) is 0 Å². The zero-order chi connectivity index (χ0) is 15.4. The summed E-state index contributed by atoms with van der Waals surface area (Å²) in [4.78, 5) is 12.0. The Morgan fingerprint density at radius 2 is 2.18 bits per heavy atom. The summed E-state index contributed by atoms with van der Waals surface area (Å²) in [6.45, 7) is 4.47. The topological polar surface area (TPSA) is 82.2 Å². The second kappa shape index (κ2) is 8.12. The van der Waals surface area contributed by atoms with Gasteiger partial charge in [-0.05, 0) is 32.0 Å². The normalized spacial score (nSPS) is 12.2. The van der Waals surface area contributed by atoms with Gasteiger partial charge in [-0.15, -0.1) is 12.4 Å². The smallest absolute Gasteiger partial charge is 0.227 e. The van der Waals surface area contributed by atoms with Crippen molar-refractivity contribution in [2.45, 2.75) is 32.4 Å². The maximum absolute atomic E-state index is 12.0. The van der Waals surface area contributed by atoms with E-state index in [0.29, 0.717) is 6.54 Å². The molecule has 1 aromatic carbocycles. The maximum Gasteiger partial charge on any atom is 0.227 e. The molecule has 0 radical (unpaired) electrons. The molecule has 1 atom stereocenters. The summed E-state index contributed by atoms with van der Waals surface area (Å²) in [7, 11) is 1.55. The van der Waals surface area contributed by atoms with Crippen LogP contribution in [0.15, 0.2) is 24.4 Å². The van der Waals surface area contributed by atoms with Crippen molar-refractivity contribution in [2.75, 3.05) is 19.0 Å². The molecule has 0 saturated carbocycles. The molecule has 3 N–H and O–H groups in total. The summed E-state index contributed by atoms with van der Waals surface area (Å²) in [6, 6.07) is 6.03. The number of aromatic nitrogens is 2. The van der Waals surface area contributed by atoms with Crippen LogP contribution in [-0.2, 0) is 9.53 Å². The van der Waals surface area contributed by atoms with Crippen molar-refractivity contribution in [1.29, 1.82) is 0 Å². The van der Waals surface area contributed by atoms with Crippen LogP contribution in [-0.4, -0.2) is 35.4 Å². The molecule has 1 heterocycles. The van der Waals surface area contributed by atoms with Crippen molar-refractivity contribution < 1.29 is 9.53 Å². The Morgan fingerprint density at radius 1 is 1.45 bits per heavy atom. The molecule has 0 aliphatic heterocycles. The number of nitrogens with zero attached hydrogens (tertiary/aromatic N) is 2. The number of hydrogen-bond donors (Lipinski definition) is 2. The van der Waals surface area contributed by atoms with Crippen molar-refractivity contribution in [3.8, 4) is 0 Å². The van der Waals surface area contributed by atoms with E-state index in [1.807, 2.05) is 29.1 Å². The highest BCUT2D eigenvalue weighted by molar-refractivity contribution is 5.93. The van der Waals surface area contributed by atoms with Gasteiger partial charge < -0.3 is 15.8 Å². The minimum atomic E-state index is -0.255. The minimum Gasteiger partial charge on any atom is -0.380 e. The van der Waals surface area contributed by atoms with Crippen LogP contribution in [0.1, 0.15) is 26.3 Å². The molecule has 0 aliphatic rings. The molecular weight excluding hydrogens is 304 g/mol. The first-order chi connectivity index (χ1) is 10.0. The highest BCUT2D eigenvalue weighted by Crippen LogP contribution is 2.21. The van der Waals surface area contributed by atoms with Gasteiger partial charge in [0, 0.05) is 30.8 Å². The van der Waals surface area contributed by atoms with Gasteiger partial charge in [-0.25, -0.2) is 0 Å². The van der Waals surface area contributed by atoms with Crippen molar-refractivity contribution in [3.05, 3.63) is 24.4 Å². The molecule has 6 nitrogen and oxygen atoms in total. The van der Waals surface area contributed by atoms with Crippen LogP contribution in [0.2, 0.25) is 0 Å². The predicted molar refractivity (Wildman–Crippen MR) is 90.5 cm³/mol. The van der Waals surface area contributed by atoms with Gasteiger partial charge in [0.1, 0.15) is 0 Å². The minimum absolute atomic E-state index is 0. The number of carbonyl (C=O) groups is 1. The van der Waals surface area contributed by atoms with Crippen LogP contribution in [0.25, 0.3) is 10.9 Å². The highest BCUT2D eigenvalue weighted by atomic mass is 35.5. The second-order valence-corrected chi connectivity index (χ2v) is 5.30.